The topological polar surface area (TPSA) is 85.8 Å². The average molecular weight is 307 g/mol. The van der Waals surface area contributed by atoms with Gasteiger partial charge in [0.1, 0.15) is 4.83 Å². The van der Waals surface area contributed by atoms with E-state index in [1.165, 1.54) is 4.88 Å². The van der Waals surface area contributed by atoms with Crippen LogP contribution in [0, 0.1) is 13.8 Å². The van der Waals surface area contributed by atoms with Crippen LogP contribution in [-0.4, -0.2) is 14.5 Å². The smallest absolute Gasteiger partial charge is 0.307 e. The Bertz CT molecular complexity index is 832. The van der Waals surface area contributed by atoms with Gasteiger partial charge in [-0.15, -0.1) is 11.3 Å². The molecule has 20 heavy (non-hydrogen) atoms. The zero-order valence-electron chi connectivity index (χ0n) is 11.0. The molecular weight excluding hydrogens is 294 g/mol. The van der Waals surface area contributed by atoms with Crippen molar-refractivity contribution in [2.45, 2.75) is 20.4 Å². The van der Waals surface area contributed by atoms with Crippen molar-refractivity contribution in [1.29, 1.82) is 0 Å². The van der Waals surface area contributed by atoms with Crippen LogP contribution in [0.4, 0.5) is 5.82 Å². The number of hydrazine groups is 1. The van der Waals surface area contributed by atoms with Crippen molar-refractivity contribution in [3.05, 3.63) is 37.5 Å². The predicted octanol–water partition coefficient (Wildman–Crippen LogP) is 1.87. The number of hydrogen-bond acceptors (Lipinski definition) is 7. The summed E-state index contributed by atoms with van der Waals surface area (Å²) in [6.45, 7) is 4.43. The van der Waals surface area contributed by atoms with Gasteiger partial charge in [0, 0.05) is 16.5 Å². The van der Waals surface area contributed by atoms with E-state index in [0.29, 0.717) is 18.2 Å². The molecular formula is C12H13N5OS2. The molecule has 0 amide bonds. The lowest BCUT2D eigenvalue weighted by atomic mass is 10.2. The fourth-order valence-corrected chi connectivity index (χ4v) is 3.66. The molecule has 3 N–H and O–H groups in total. The molecule has 0 saturated carbocycles. The van der Waals surface area contributed by atoms with Gasteiger partial charge in [-0.3, -0.25) is 9.36 Å². The molecule has 0 atom stereocenters. The lowest BCUT2D eigenvalue weighted by Crippen LogP contribution is -2.16. The van der Waals surface area contributed by atoms with Crippen LogP contribution >= 0.6 is 22.7 Å². The van der Waals surface area contributed by atoms with Gasteiger partial charge in [0.15, 0.2) is 11.6 Å². The third kappa shape index (κ3) is 2.11. The molecule has 6 nitrogen and oxygen atoms in total. The average Bonchev–Trinajstić information content (AvgIpc) is 2.94. The van der Waals surface area contributed by atoms with E-state index in [9.17, 15) is 4.79 Å². The molecule has 104 valence electrons. The largest absolute Gasteiger partial charge is 0.308 e. The van der Waals surface area contributed by atoms with Gasteiger partial charge in [-0.05, 0) is 19.4 Å². The van der Waals surface area contributed by atoms with Gasteiger partial charge in [-0.2, -0.15) is 0 Å². The molecule has 0 saturated heterocycles. The molecule has 0 aliphatic heterocycles. The lowest BCUT2D eigenvalue weighted by Gasteiger charge is -2.06. The third-order valence-electron chi connectivity index (χ3n) is 3.17. The Hall–Kier alpha value is -1.77. The fourth-order valence-electron chi connectivity index (χ4n) is 2.03. The van der Waals surface area contributed by atoms with Gasteiger partial charge in [-0.1, -0.05) is 11.3 Å². The van der Waals surface area contributed by atoms with Crippen LogP contribution in [0.15, 0.2) is 16.4 Å². The number of thiazole rings is 1. The van der Waals surface area contributed by atoms with E-state index in [1.807, 2.05) is 13.8 Å². The van der Waals surface area contributed by atoms with Gasteiger partial charge in [0.2, 0.25) is 0 Å². The second kappa shape index (κ2) is 4.97. The maximum Gasteiger partial charge on any atom is 0.307 e. The Morgan fingerprint density at radius 1 is 1.40 bits per heavy atom. The minimum absolute atomic E-state index is 0.0190. The zero-order valence-corrected chi connectivity index (χ0v) is 12.6. The first-order chi connectivity index (χ1) is 9.60. The highest BCUT2D eigenvalue weighted by Crippen LogP contribution is 2.32. The molecule has 0 fully saturated rings. The second-order valence-corrected chi connectivity index (χ2v) is 6.45. The van der Waals surface area contributed by atoms with Crippen LogP contribution in [0.1, 0.15) is 16.3 Å². The molecule has 8 heteroatoms. The first-order valence-electron chi connectivity index (χ1n) is 5.97. The van der Waals surface area contributed by atoms with E-state index < -0.39 is 0 Å². The van der Waals surface area contributed by atoms with Crippen molar-refractivity contribution in [3.63, 3.8) is 0 Å². The molecule has 0 radical (unpaired) electrons. The Labute approximate surface area is 122 Å². The second-order valence-electron chi connectivity index (χ2n) is 4.39. The molecule has 3 heterocycles. The maximum atomic E-state index is 11.6. The van der Waals surface area contributed by atoms with E-state index in [4.69, 9.17) is 5.84 Å². The number of hydrogen-bond donors (Lipinski definition) is 2. The number of aromatic nitrogens is 3. The van der Waals surface area contributed by atoms with Crippen molar-refractivity contribution in [2.75, 3.05) is 5.43 Å². The molecule has 0 aliphatic rings. The van der Waals surface area contributed by atoms with Crippen LogP contribution in [0.25, 0.3) is 10.2 Å². The Kier molecular flexibility index (Phi) is 3.28. The first kappa shape index (κ1) is 13.2. The predicted molar refractivity (Wildman–Crippen MR) is 82.4 cm³/mol. The van der Waals surface area contributed by atoms with Crippen molar-refractivity contribution in [1.82, 2.24) is 14.5 Å². The van der Waals surface area contributed by atoms with Gasteiger partial charge in [-0.25, -0.2) is 15.8 Å². The number of anilines is 1. The van der Waals surface area contributed by atoms with Gasteiger partial charge < -0.3 is 5.43 Å². The number of nitrogens with zero attached hydrogens (tertiary/aromatic N) is 3. The van der Waals surface area contributed by atoms with Crippen molar-refractivity contribution < 1.29 is 0 Å². The van der Waals surface area contributed by atoms with Gasteiger partial charge in [0.25, 0.3) is 0 Å². The number of aryl methyl sites for hydroxylation is 2. The molecule has 0 unspecified atom stereocenters. The maximum absolute atomic E-state index is 11.6. The minimum atomic E-state index is -0.0190. The van der Waals surface area contributed by atoms with Gasteiger partial charge in [0.05, 0.1) is 11.9 Å². The Morgan fingerprint density at radius 2 is 2.20 bits per heavy atom. The van der Waals surface area contributed by atoms with Gasteiger partial charge >= 0.3 is 4.87 Å². The molecule has 3 rings (SSSR count). The third-order valence-corrected chi connectivity index (χ3v) is 4.96. The minimum Gasteiger partial charge on any atom is -0.308 e. The Balaban J connectivity index is 2.13. The lowest BCUT2D eigenvalue weighted by molar-refractivity contribution is 0.739. The first-order valence-corrected chi connectivity index (χ1v) is 7.67. The number of nitrogen functional groups attached to an aromatic ring is 1. The fraction of sp³-hybridized carbons (Fsp3) is 0.250. The van der Waals surface area contributed by atoms with Crippen LogP contribution in [-0.2, 0) is 6.54 Å². The van der Waals surface area contributed by atoms with Crippen LogP contribution < -0.4 is 16.1 Å². The van der Waals surface area contributed by atoms with E-state index in [-0.39, 0.29) is 4.87 Å². The quantitative estimate of drug-likeness (QED) is 0.570. The van der Waals surface area contributed by atoms with E-state index in [1.54, 1.807) is 27.5 Å². The SMILES string of the molecule is Cc1sc2nc(Cn3ccsc3=O)nc(NN)c2c1C. The number of nitrogens with two attached hydrogens (primary N) is 1. The molecule has 0 aliphatic carbocycles. The molecule has 3 aromatic rings. The summed E-state index contributed by atoms with van der Waals surface area (Å²) in [7, 11) is 0. The number of nitrogens with one attached hydrogen (secondary N) is 1. The Morgan fingerprint density at radius 3 is 2.85 bits per heavy atom. The summed E-state index contributed by atoms with van der Waals surface area (Å²) < 4.78 is 1.58. The molecule has 0 bridgehead atoms. The zero-order chi connectivity index (χ0) is 14.3. The van der Waals surface area contributed by atoms with E-state index >= 15 is 0 Å². The summed E-state index contributed by atoms with van der Waals surface area (Å²) in [5.41, 5.74) is 3.77. The van der Waals surface area contributed by atoms with Crippen molar-refractivity contribution in [3.8, 4) is 0 Å². The normalized spacial score (nSPS) is 11.2. The number of rotatable bonds is 3. The highest BCUT2D eigenvalue weighted by Gasteiger charge is 2.14. The summed E-state index contributed by atoms with van der Waals surface area (Å²) >= 11 is 2.77. The number of fused-ring (bicyclic) bond motifs is 1. The molecule has 0 spiro atoms. The van der Waals surface area contributed by atoms with Crippen molar-refractivity contribution in [2.24, 2.45) is 5.84 Å². The summed E-state index contributed by atoms with van der Waals surface area (Å²) in [5.74, 6) is 6.75. The molecule has 0 aromatic carbocycles. The van der Waals surface area contributed by atoms with E-state index in [2.05, 4.69) is 15.4 Å². The van der Waals surface area contributed by atoms with Crippen molar-refractivity contribution >= 4 is 38.7 Å². The highest BCUT2D eigenvalue weighted by atomic mass is 32.1. The van der Waals surface area contributed by atoms with Crippen LogP contribution in [0.5, 0.6) is 0 Å². The summed E-state index contributed by atoms with van der Waals surface area (Å²) in [6, 6.07) is 0. The summed E-state index contributed by atoms with van der Waals surface area (Å²) in [5, 5.41) is 2.71. The monoisotopic (exact) mass is 307 g/mol. The standard InChI is InChI=1S/C12H13N5OS2/c1-6-7(2)20-11-9(6)10(16-13)14-8(15-11)5-17-3-4-19-12(17)18/h3-4H,5,13H2,1-2H3,(H,14,15,16). The van der Waals surface area contributed by atoms with E-state index in [0.717, 1.165) is 27.1 Å². The van der Waals surface area contributed by atoms with Crippen LogP contribution in [0.3, 0.4) is 0 Å². The van der Waals surface area contributed by atoms with Crippen LogP contribution in [0.2, 0.25) is 0 Å². The molecule has 3 aromatic heterocycles. The summed E-state index contributed by atoms with van der Waals surface area (Å²) in [4.78, 5) is 22.6. The highest BCUT2D eigenvalue weighted by molar-refractivity contribution is 7.18. The summed E-state index contributed by atoms with van der Waals surface area (Å²) in [6.07, 6.45) is 1.74. The number of thiophene rings is 1.